The quantitative estimate of drug-likeness (QED) is 0.887. The van der Waals surface area contributed by atoms with Crippen molar-refractivity contribution in [2.75, 3.05) is 6.61 Å². The second-order valence-corrected chi connectivity index (χ2v) is 5.57. The number of hydrogen-bond acceptors (Lipinski definition) is 6. The van der Waals surface area contributed by atoms with Crippen molar-refractivity contribution >= 4 is 15.9 Å². The van der Waals surface area contributed by atoms with Gasteiger partial charge in [0.25, 0.3) is 5.89 Å². The summed E-state index contributed by atoms with van der Waals surface area (Å²) >= 11 is 3.24. The molecule has 2 rings (SSSR count). The van der Waals surface area contributed by atoms with Crippen LogP contribution in [0.1, 0.15) is 26.7 Å². The van der Waals surface area contributed by atoms with Crippen molar-refractivity contribution in [1.82, 2.24) is 10.1 Å². The molecule has 2 aromatic rings. The van der Waals surface area contributed by atoms with Crippen LogP contribution >= 0.6 is 15.9 Å². The Morgan fingerprint density at radius 2 is 2.10 bits per heavy atom. The molecule has 7 heteroatoms. The second-order valence-electron chi connectivity index (χ2n) is 4.72. The van der Waals surface area contributed by atoms with Crippen LogP contribution in [0.25, 0.3) is 11.4 Å². The number of hydrogen-bond donors (Lipinski definition) is 2. The molecule has 2 N–H and O–H groups in total. The predicted octanol–water partition coefficient (Wildman–Crippen LogP) is 2.83. The summed E-state index contributed by atoms with van der Waals surface area (Å²) in [6, 6.07) is 3.26. The minimum atomic E-state index is -1.21. The van der Waals surface area contributed by atoms with Crippen LogP contribution in [-0.2, 0) is 5.60 Å². The van der Waals surface area contributed by atoms with Crippen molar-refractivity contribution in [3.63, 3.8) is 0 Å². The van der Waals surface area contributed by atoms with Gasteiger partial charge in [0, 0.05) is 5.56 Å². The number of halogens is 1. The van der Waals surface area contributed by atoms with E-state index in [2.05, 4.69) is 26.1 Å². The van der Waals surface area contributed by atoms with E-state index in [1.54, 1.807) is 26.0 Å². The number of phenolic OH excluding ortho intramolecular Hbond substituents is 1. The van der Waals surface area contributed by atoms with Crippen LogP contribution < -0.4 is 4.74 Å². The van der Waals surface area contributed by atoms with Crippen LogP contribution in [0, 0.1) is 0 Å². The highest BCUT2D eigenvalue weighted by molar-refractivity contribution is 9.10. The molecule has 0 bridgehead atoms. The Morgan fingerprint density at radius 3 is 2.65 bits per heavy atom. The lowest BCUT2D eigenvalue weighted by atomic mass is 10.1. The van der Waals surface area contributed by atoms with Gasteiger partial charge in [-0.25, -0.2) is 0 Å². The SMILES string of the molecule is CCOc1cc(-c2noc(C(C)(C)O)n2)cc(Br)c1O. The van der Waals surface area contributed by atoms with Gasteiger partial charge in [-0.05, 0) is 48.8 Å². The molecule has 0 radical (unpaired) electrons. The molecular formula is C13H15BrN2O4. The molecule has 1 heterocycles. The smallest absolute Gasteiger partial charge is 0.258 e. The van der Waals surface area contributed by atoms with E-state index in [1.165, 1.54) is 0 Å². The van der Waals surface area contributed by atoms with E-state index in [-0.39, 0.29) is 11.6 Å². The van der Waals surface area contributed by atoms with Gasteiger partial charge < -0.3 is 19.5 Å². The highest BCUT2D eigenvalue weighted by Crippen LogP contribution is 2.38. The van der Waals surface area contributed by atoms with Crippen molar-refractivity contribution in [1.29, 1.82) is 0 Å². The molecule has 0 saturated carbocycles. The molecule has 6 nitrogen and oxygen atoms in total. The van der Waals surface area contributed by atoms with Gasteiger partial charge in [-0.3, -0.25) is 0 Å². The number of aromatic hydroxyl groups is 1. The molecule has 0 atom stereocenters. The summed E-state index contributed by atoms with van der Waals surface area (Å²) in [5, 5.41) is 23.5. The standard InChI is InChI=1S/C13H15BrN2O4/c1-4-19-9-6-7(5-8(14)10(9)17)11-15-12(20-16-11)13(2,3)18/h5-6,17-18H,4H2,1-3H3. The van der Waals surface area contributed by atoms with E-state index in [4.69, 9.17) is 9.26 Å². The van der Waals surface area contributed by atoms with Gasteiger partial charge in [0.1, 0.15) is 5.60 Å². The maximum Gasteiger partial charge on any atom is 0.258 e. The molecule has 108 valence electrons. The predicted molar refractivity (Wildman–Crippen MR) is 75.5 cm³/mol. The lowest BCUT2D eigenvalue weighted by molar-refractivity contribution is 0.0420. The Balaban J connectivity index is 2.45. The summed E-state index contributed by atoms with van der Waals surface area (Å²) < 4.78 is 10.8. The van der Waals surface area contributed by atoms with Gasteiger partial charge in [0.2, 0.25) is 5.82 Å². The summed E-state index contributed by atoms with van der Waals surface area (Å²) in [6.07, 6.45) is 0. The minimum absolute atomic E-state index is 0.0156. The number of nitrogens with zero attached hydrogens (tertiary/aromatic N) is 2. The number of rotatable bonds is 4. The Hall–Kier alpha value is -1.60. The number of ether oxygens (including phenoxy) is 1. The fraction of sp³-hybridized carbons (Fsp3) is 0.385. The summed E-state index contributed by atoms with van der Waals surface area (Å²) in [5.74, 6) is 0.770. The largest absolute Gasteiger partial charge is 0.503 e. The first-order chi connectivity index (χ1) is 9.32. The molecule has 0 aliphatic carbocycles. The summed E-state index contributed by atoms with van der Waals surface area (Å²) in [4.78, 5) is 4.14. The van der Waals surface area contributed by atoms with Crippen LogP contribution in [-0.4, -0.2) is 27.0 Å². The van der Waals surface area contributed by atoms with Gasteiger partial charge in [0.15, 0.2) is 11.5 Å². The fourth-order valence-electron chi connectivity index (χ4n) is 1.56. The van der Waals surface area contributed by atoms with E-state index in [0.29, 0.717) is 28.2 Å². The molecule has 0 fully saturated rings. The molecule has 0 aliphatic heterocycles. The molecule has 0 unspecified atom stereocenters. The van der Waals surface area contributed by atoms with Crippen LogP contribution in [0.3, 0.4) is 0 Å². The average molecular weight is 343 g/mol. The monoisotopic (exact) mass is 342 g/mol. The van der Waals surface area contributed by atoms with Crippen molar-refractivity contribution in [2.45, 2.75) is 26.4 Å². The number of phenols is 1. The lowest BCUT2D eigenvalue weighted by Crippen LogP contribution is -2.15. The Kier molecular flexibility index (Phi) is 4.01. The van der Waals surface area contributed by atoms with E-state index in [9.17, 15) is 10.2 Å². The second kappa shape index (κ2) is 5.41. The third-order valence-electron chi connectivity index (χ3n) is 2.54. The van der Waals surface area contributed by atoms with Crippen molar-refractivity contribution in [3.05, 3.63) is 22.5 Å². The van der Waals surface area contributed by atoms with E-state index in [1.807, 2.05) is 6.92 Å². The van der Waals surface area contributed by atoms with E-state index in [0.717, 1.165) is 0 Å². The van der Waals surface area contributed by atoms with Gasteiger partial charge in [-0.1, -0.05) is 5.16 Å². The summed E-state index contributed by atoms with van der Waals surface area (Å²) in [6.45, 7) is 5.36. The maximum absolute atomic E-state index is 9.86. The highest BCUT2D eigenvalue weighted by atomic mass is 79.9. The van der Waals surface area contributed by atoms with Gasteiger partial charge in [0.05, 0.1) is 11.1 Å². The molecular weight excluding hydrogens is 328 g/mol. The molecule has 1 aromatic carbocycles. The lowest BCUT2D eigenvalue weighted by Gasteiger charge is -2.10. The Bertz CT molecular complexity index is 619. The van der Waals surface area contributed by atoms with E-state index >= 15 is 0 Å². The zero-order valence-corrected chi connectivity index (χ0v) is 12.9. The average Bonchev–Trinajstić information content (AvgIpc) is 2.84. The zero-order valence-electron chi connectivity index (χ0n) is 11.3. The maximum atomic E-state index is 9.86. The van der Waals surface area contributed by atoms with Crippen LogP contribution in [0.4, 0.5) is 0 Å². The Labute approximate surface area is 124 Å². The fourth-order valence-corrected chi connectivity index (χ4v) is 2.00. The topological polar surface area (TPSA) is 88.6 Å². The first-order valence-electron chi connectivity index (χ1n) is 6.05. The van der Waals surface area contributed by atoms with E-state index < -0.39 is 5.60 Å². The van der Waals surface area contributed by atoms with Gasteiger partial charge in [-0.15, -0.1) is 0 Å². The highest BCUT2D eigenvalue weighted by Gasteiger charge is 2.25. The van der Waals surface area contributed by atoms with Crippen molar-refractivity contribution in [2.24, 2.45) is 0 Å². The summed E-state index contributed by atoms with van der Waals surface area (Å²) in [5.41, 5.74) is -0.598. The van der Waals surface area contributed by atoms with Crippen LogP contribution in [0.5, 0.6) is 11.5 Å². The first-order valence-corrected chi connectivity index (χ1v) is 6.84. The van der Waals surface area contributed by atoms with Gasteiger partial charge >= 0.3 is 0 Å². The van der Waals surface area contributed by atoms with Crippen LogP contribution in [0.2, 0.25) is 0 Å². The van der Waals surface area contributed by atoms with Crippen LogP contribution in [0.15, 0.2) is 21.1 Å². The van der Waals surface area contributed by atoms with Crippen molar-refractivity contribution < 1.29 is 19.5 Å². The number of aromatic nitrogens is 2. The normalized spacial score (nSPS) is 11.7. The Morgan fingerprint density at radius 1 is 1.40 bits per heavy atom. The molecule has 0 amide bonds. The minimum Gasteiger partial charge on any atom is -0.503 e. The van der Waals surface area contributed by atoms with Crippen molar-refractivity contribution in [3.8, 4) is 22.9 Å². The molecule has 0 saturated heterocycles. The first kappa shape index (κ1) is 14.8. The zero-order chi connectivity index (χ0) is 14.9. The van der Waals surface area contributed by atoms with Gasteiger partial charge in [-0.2, -0.15) is 4.98 Å². The molecule has 0 spiro atoms. The molecule has 1 aromatic heterocycles. The molecule has 20 heavy (non-hydrogen) atoms. The molecule has 0 aliphatic rings. The summed E-state index contributed by atoms with van der Waals surface area (Å²) in [7, 11) is 0. The number of benzene rings is 1. The third-order valence-corrected chi connectivity index (χ3v) is 3.14. The third kappa shape index (κ3) is 2.94. The number of aliphatic hydroxyl groups is 1.